The zero-order chi connectivity index (χ0) is 11.4. The number of urea groups is 1. The maximum absolute atomic E-state index is 11.7. The number of nitrogens with zero attached hydrogens (tertiary/aromatic N) is 1. The molecule has 1 unspecified atom stereocenters. The van der Waals surface area contributed by atoms with Crippen LogP contribution in [0.15, 0.2) is 0 Å². The summed E-state index contributed by atoms with van der Waals surface area (Å²) in [5.74, 6) is 0.444. The Morgan fingerprint density at radius 3 is 2.40 bits per heavy atom. The number of hydrogen-bond donors (Lipinski definition) is 3. The van der Waals surface area contributed by atoms with Gasteiger partial charge in [0.05, 0.1) is 6.04 Å². The summed E-state index contributed by atoms with van der Waals surface area (Å²) in [6.07, 6.45) is 2.12. The lowest BCUT2D eigenvalue weighted by atomic mass is 10.2. The molecule has 2 amide bonds. The van der Waals surface area contributed by atoms with Crippen LogP contribution in [0.1, 0.15) is 26.7 Å². The average molecular weight is 212 g/mol. The van der Waals surface area contributed by atoms with Gasteiger partial charge >= 0.3 is 6.03 Å². The van der Waals surface area contributed by atoms with Crippen LogP contribution in [-0.4, -0.2) is 35.9 Å². The van der Waals surface area contributed by atoms with Crippen molar-refractivity contribution in [3.8, 4) is 0 Å². The van der Waals surface area contributed by atoms with Crippen LogP contribution in [0, 0.1) is 11.3 Å². The molecule has 0 radical (unpaired) electrons. The van der Waals surface area contributed by atoms with Crippen molar-refractivity contribution in [1.82, 2.24) is 10.2 Å². The van der Waals surface area contributed by atoms with Gasteiger partial charge in [0.1, 0.15) is 5.84 Å². The highest BCUT2D eigenvalue weighted by Gasteiger charge is 2.34. The van der Waals surface area contributed by atoms with Crippen LogP contribution in [0.4, 0.5) is 4.79 Å². The molecule has 1 atom stereocenters. The van der Waals surface area contributed by atoms with Gasteiger partial charge in [-0.15, -0.1) is 0 Å². The van der Waals surface area contributed by atoms with Crippen molar-refractivity contribution in [2.24, 2.45) is 11.7 Å². The van der Waals surface area contributed by atoms with Crippen LogP contribution in [0.2, 0.25) is 0 Å². The molecule has 1 saturated carbocycles. The lowest BCUT2D eigenvalue weighted by Gasteiger charge is -2.23. The van der Waals surface area contributed by atoms with Gasteiger partial charge in [0.15, 0.2) is 0 Å². The molecule has 0 heterocycles. The molecule has 0 aromatic heterocycles. The molecule has 4 N–H and O–H groups in total. The van der Waals surface area contributed by atoms with Gasteiger partial charge in [-0.25, -0.2) is 4.79 Å². The number of hydrogen-bond acceptors (Lipinski definition) is 2. The molecule has 15 heavy (non-hydrogen) atoms. The lowest BCUT2D eigenvalue weighted by molar-refractivity contribution is 0.200. The minimum absolute atomic E-state index is 0.0676. The monoisotopic (exact) mass is 212 g/mol. The summed E-state index contributed by atoms with van der Waals surface area (Å²) < 4.78 is 0. The summed E-state index contributed by atoms with van der Waals surface area (Å²) in [7, 11) is 0. The van der Waals surface area contributed by atoms with Crippen molar-refractivity contribution in [2.75, 3.05) is 13.1 Å². The van der Waals surface area contributed by atoms with Crippen molar-refractivity contribution in [3.05, 3.63) is 0 Å². The second kappa shape index (κ2) is 5.00. The largest absolute Gasteiger partial charge is 0.386 e. The first-order chi connectivity index (χ1) is 7.10. The topological polar surface area (TPSA) is 82.2 Å². The molecule has 0 saturated heterocycles. The molecule has 0 spiro atoms. The number of carbonyl (C=O) groups is 1. The van der Waals surface area contributed by atoms with Crippen LogP contribution >= 0.6 is 0 Å². The number of amides is 2. The van der Waals surface area contributed by atoms with E-state index in [1.54, 1.807) is 4.90 Å². The zero-order valence-electron chi connectivity index (χ0n) is 9.42. The standard InChI is InChI=1S/C10H20N4O/c1-3-14(4-2)10(15)13-8(9(11)12)7-5-6-7/h7-8H,3-6H2,1-2H3,(H3,11,12)(H,13,15). The van der Waals surface area contributed by atoms with E-state index >= 15 is 0 Å². The predicted molar refractivity (Wildman–Crippen MR) is 59.9 cm³/mol. The highest BCUT2D eigenvalue weighted by Crippen LogP contribution is 2.32. The second-order valence-corrected chi connectivity index (χ2v) is 3.89. The van der Waals surface area contributed by atoms with Crippen LogP contribution in [0.5, 0.6) is 0 Å². The van der Waals surface area contributed by atoms with E-state index in [4.69, 9.17) is 11.1 Å². The summed E-state index contributed by atoms with van der Waals surface area (Å²) >= 11 is 0. The predicted octanol–water partition coefficient (Wildman–Crippen LogP) is 0.752. The van der Waals surface area contributed by atoms with Crippen LogP contribution in [0.25, 0.3) is 0 Å². The van der Waals surface area contributed by atoms with Crippen molar-refractivity contribution >= 4 is 11.9 Å². The zero-order valence-corrected chi connectivity index (χ0v) is 9.42. The number of amidine groups is 1. The SMILES string of the molecule is CCN(CC)C(=O)NC(C(=N)N)C1CC1. The first-order valence-corrected chi connectivity index (χ1v) is 5.49. The van der Waals surface area contributed by atoms with E-state index in [-0.39, 0.29) is 17.9 Å². The Balaban J connectivity index is 2.50. The number of nitrogens with two attached hydrogens (primary N) is 1. The fraction of sp³-hybridized carbons (Fsp3) is 0.800. The molecular formula is C10H20N4O. The minimum atomic E-state index is -0.266. The second-order valence-electron chi connectivity index (χ2n) is 3.89. The number of nitrogens with one attached hydrogen (secondary N) is 2. The summed E-state index contributed by atoms with van der Waals surface area (Å²) in [5.41, 5.74) is 5.46. The fourth-order valence-corrected chi connectivity index (χ4v) is 1.61. The van der Waals surface area contributed by atoms with Crippen LogP contribution < -0.4 is 11.1 Å². The maximum atomic E-state index is 11.7. The fourth-order valence-electron chi connectivity index (χ4n) is 1.61. The quantitative estimate of drug-likeness (QED) is 0.464. The molecule has 0 aromatic rings. The van der Waals surface area contributed by atoms with E-state index in [1.807, 2.05) is 13.8 Å². The molecule has 1 aliphatic carbocycles. The van der Waals surface area contributed by atoms with Gasteiger partial charge in [-0.2, -0.15) is 0 Å². The van der Waals surface area contributed by atoms with E-state index in [0.29, 0.717) is 19.0 Å². The lowest BCUT2D eigenvalue weighted by Crippen LogP contribution is -2.50. The van der Waals surface area contributed by atoms with Gasteiger partial charge in [-0.05, 0) is 32.6 Å². The smallest absolute Gasteiger partial charge is 0.317 e. The molecule has 0 bridgehead atoms. The highest BCUT2D eigenvalue weighted by molar-refractivity contribution is 5.88. The summed E-state index contributed by atoms with van der Waals surface area (Å²) in [4.78, 5) is 13.4. The van der Waals surface area contributed by atoms with E-state index in [9.17, 15) is 4.79 Å². The Hall–Kier alpha value is -1.26. The van der Waals surface area contributed by atoms with E-state index < -0.39 is 0 Å². The van der Waals surface area contributed by atoms with Gasteiger partial charge in [-0.1, -0.05) is 0 Å². The molecule has 1 rings (SSSR count). The first kappa shape index (κ1) is 11.8. The van der Waals surface area contributed by atoms with Gasteiger partial charge < -0.3 is 16.0 Å². The average Bonchev–Trinajstić information content (AvgIpc) is 2.99. The van der Waals surface area contributed by atoms with Crippen LogP contribution in [-0.2, 0) is 0 Å². The van der Waals surface area contributed by atoms with E-state index in [0.717, 1.165) is 12.8 Å². The summed E-state index contributed by atoms with van der Waals surface area (Å²) in [6.45, 7) is 5.22. The van der Waals surface area contributed by atoms with E-state index in [2.05, 4.69) is 5.32 Å². The van der Waals surface area contributed by atoms with Crippen molar-refractivity contribution < 1.29 is 4.79 Å². The third kappa shape index (κ3) is 3.11. The molecule has 0 aromatic carbocycles. The van der Waals surface area contributed by atoms with Gasteiger partial charge in [0, 0.05) is 13.1 Å². The summed E-state index contributed by atoms with van der Waals surface area (Å²) in [6, 6.07) is -0.384. The first-order valence-electron chi connectivity index (χ1n) is 5.49. The Morgan fingerprint density at radius 2 is 2.07 bits per heavy atom. The van der Waals surface area contributed by atoms with Crippen LogP contribution in [0.3, 0.4) is 0 Å². The number of carbonyl (C=O) groups excluding carboxylic acids is 1. The molecule has 86 valence electrons. The Labute approximate surface area is 90.5 Å². The minimum Gasteiger partial charge on any atom is -0.386 e. The molecular weight excluding hydrogens is 192 g/mol. The number of rotatable bonds is 5. The maximum Gasteiger partial charge on any atom is 0.317 e. The Morgan fingerprint density at radius 1 is 1.53 bits per heavy atom. The molecule has 5 nitrogen and oxygen atoms in total. The van der Waals surface area contributed by atoms with E-state index in [1.165, 1.54) is 0 Å². The molecule has 1 aliphatic rings. The highest BCUT2D eigenvalue weighted by atomic mass is 16.2. The third-order valence-electron chi connectivity index (χ3n) is 2.76. The van der Waals surface area contributed by atoms with Crippen molar-refractivity contribution in [3.63, 3.8) is 0 Å². The Kier molecular flexibility index (Phi) is 3.94. The summed E-state index contributed by atoms with van der Waals surface area (Å²) in [5, 5.41) is 10.2. The van der Waals surface area contributed by atoms with Gasteiger partial charge in [0.25, 0.3) is 0 Å². The molecule has 1 fully saturated rings. The van der Waals surface area contributed by atoms with Crippen molar-refractivity contribution in [1.29, 1.82) is 5.41 Å². The third-order valence-corrected chi connectivity index (χ3v) is 2.76. The molecule has 0 aliphatic heterocycles. The van der Waals surface area contributed by atoms with Crippen molar-refractivity contribution in [2.45, 2.75) is 32.7 Å². The Bertz CT molecular complexity index is 246. The molecule has 5 heteroatoms. The van der Waals surface area contributed by atoms with Gasteiger partial charge in [-0.3, -0.25) is 5.41 Å². The van der Waals surface area contributed by atoms with Gasteiger partial charge in [0.2, 0.25) is 0 Å². The normalized spacial score (nSPS) is 16.9.